The van der Waals surface area contributed by atoms with Crippen LogP contribution in [0.5, 0.6) is 0 Å². The lowest BCUT2D eigenvalue weighted by molar-refractivity contribution is -0.124. The van der Waals surface area contributed by atoms with E-state index in [0.29, 0.717) is 24.5 Å². The zero-order valence-electron chi connectivity index (χ0n) is 12.6. The number of para-hydroxylation sites is 1. The molecular formula is C15H21N5O. The van der Waals surface area contributed by atoms with Crippen LogP contribution in [0.3, 0.4) is 0 Å². The first kappa shape index (κ1) is 15.2. The van der Waals surface area contributed by atoms with E-state index in [2.05, 4.69) is 15.5 Å². The number of nitrogens with one attached hydrogen (secondary N) is 1. The quantitative estimate of drug-likeness (QED) is 0.878. The number of nitrogens with zero attached hydrogens (tertiary/aromatic N) is 3. The van der Waals surface area contributed by atoms with Gasteiger partial charge in [-0.25, -0.2) is 0 Å². The van der Waals surface area contributed by atoms with Crippen LogP contribution in [0.2, 0.25) is 0 Å². The van der Waals surface area contributed by atoms with Gasteiger partial charge in [0.15, 0.2) is 5.82 Å². The second kappa shape index (κ2) is 6.05. The van der Waals surface area contributed by atoms with Gasteiger partial charge in [0.1, 0.15) is 6.33 Å². The molecule has 0 radical (unpaired) electrons. The Morgan fingerprint density at radius 3 is 2.71 bits per heavy atom. The predicted molar refractivity (Wildman–Crippen MR) is 82.5 cm³/mol. The van der Waals surface area contributed by atoms with E-state index in [1.54, 1.807) is 6.33 Å². The first-order valence-corrected chi connectivity index (χ1v) is 6.96. The summed E-state index contributed by atoms with van der Waals surface area (Å²) in [6, 6.07) is 7.54. The Morgan fingerprint density at radius 1 is 1.43 bits per heavy atom. The average Bonchev–Trinajstić information content (AvgIpc) is 2.93. The Hall–Kier alpha value is -2.21. The number of aryl methyl sites for hydroxylation is 1. The van der Waals surface area contributed by atoms with E-state index in [0.717, 1.165) is 5.56 Å². The second-order valence-corrected chi connectivity index (χ2v) is 5.38. The van der Waals surface area contributed by atoms with Crippen molar-refractivity contribution in [1.29, 1.82) is 0 Å². The molecule has 6 heteroatoms. The third kappa shape index (κ3) is 2.95. The maximum atomic E-state index is 12.5. The van der Waals surface area contributed by atoms with Crippen molar-refractivity contribution >= 4 is 11.6 Å². The molecule has 6 nitrogen and oxygen atoms in total. The Balaban J connectivity index is 2.34. The Kier molecular flexibility index (Phi) is 4.37. The predicted octanol–water partition coefficient (Wildman–Crippen LogP) is 1.80. The molecule has 2 rings (SSSR count). The molecule has 0 saturated carbocycles. The second-order valence-electron chi connectivity index (χ2n) is 5.38. The number of rotatable bonds is 5. The van der Waals surface area contributed by atoms with Gasteiger partial charge in [0.25, 0.3) is 0 Å². The molecule has 0 spiro atoms. The van der Waals surface area contributed by atoms with Crippen LogP contribution in [0.25, 0.3) is 11.4 Å². The standard InChI is InChI=1S/C15H21N5O/c1-4-15(2,9-16)14(21)18-12-8-6-5-7-11(12)13-19-17-10-20(13)3/h5-8,10H,4,9,16H2,1-3H3,(H,18,21). The van der Waals surface area contributed by atoms with E-state index in [1.165, 1.54) is 0 Å². The zero-order valence-corrected chi connectivity index (χ0v) is 12.6. The number of carbonyl (C=O) groups is 1. The molecule has 0 fully saturated rings. The minimum absolute atomic E-state index is 0.0814. The minimum Gasteiger partial charge on any atom is -0.329 e. The summed E-state index contributed by atoms with van der Waals surface area (Å²) >= 11 is 0. The summed E-state index contributed by atoms with van der Waals surface area (Å²) in [4.78, 5) is 12.5. The first-order valence-electron chi connectivity index (χ1n) is 6.96. The largest absolute Gasteiger partial charge is 0.329 e. The van der Waals surface area contributed by atoms with Crippen LogP contribution < -0.4 is 11.1 Å². The van der Waals surface area contributed by atoms with Crippen LogP contribution in [-0.2, 0) is 11.8 Å². The van der Waals surface area contributed by atoms with Gasteiger partial charge in [-0.1, -0.05) is 19.1 Å². The van der Waals surface area contributed by atoms with Crippen LogP contribution >= 0.6 is 0 Å². The molecule has 1 aromatic carbocycles. The Bertz CT molecular complexity index is 630. The molecule has 112 valence electrons. The van der Waals surface area contributed by atoms with Crippen molar-refractivity contribution in [2.24, 2.45) is 18.2 Å². The van der Waals surface area contributed by atoms with Crippen molar-refractivity contribution in [2.75, 3.05) is 11.9 Å². The fourth-order valence-corrected chi connectivity index (χ4v) is 1.98. The number of nitrogens with two attached hydrogens (primary N) is 1. The van der Waals surface area contributed by atoms with Crippen LogP contribution in [0.15, 0.2) is 30.6 Å². The summed E-state index contributed by atoms with van der Waals surface area (Å²) in [6.45, 7) is 4.13. The van der Waals surface area contributed by atoms with Gasteiger partial charge in [-0.15, -0.1) is 10.2 Å². The van der Waals surface area contributed by atoms with E-state index in [9.17, 15) is 4.79 Å². The van der Waals surface area contributed by atoms with E-state index < -0.39 is 5.41 Å². The van der Waals surface area contributed by atoms with Gasteiger partial charge >= 0.3 is 0 Å². The molecule has 21 heavy (non-hydrogen) atoms. The van der Waals surface area contributed by atoms with Crippen LogP contribution in [-0.4, -0.2) is 27.2 Å². The highest BCUT2D eigenvalue weighted by Gasteiger charge is 2.30. The summed E-state index contributed by atoms with van der Waals surface area (Å²) in [5, 5.41) is 10.9. The molecule has 2 aromatic rings. The summed E-state index contributed by atoms with van der Waals surface area (Å²) in [6.07, 6.45) is 2.31. The van der Waals surface area contributed by atoms with E-state index in [1.807, 2.05) is 49.7 Å². The monoisotopic (exact) mass is 287 g/mol. The summed E-state index contributed by atoms with van der Waals surface area (Å²) in [5.41, 5.74) is 6.71. The molecule has 1 unspecified atom stereocenters. The maximum Gasteiger partial charge on any atom is 0.231 e. The third-order valence-corrected chi connectivity index (χ3v) is 3.91. The molecule has 0 saturated heterocycles. The van der Waals surface area contributed by atoms with Gasteiger partial charge < -0.3 is 15.6 Å². The third-order valence-electron chi connectivity index (χ3n) is 3.91. The van der Waals surface area contributed by atoms with Crippen molar-refractivity contribution in [3.8, 4) is 11.4 Å². The SMILES string of the molecule is CCC(C)(CN)C(=O)Nc1ccccc1-c1nncn1C. The molecule has 1 heterocycles. The molecule has 1 atom stereocenters. The van der Waals surface area contributed by atoms with Crippen molar-refractivity contribution in [2.45, 2.75) is 20.3 Å². The van der Waals surface area contributed by atoms with E-state index in [-0.39, 0.29) is 5.91 Å². The smallest absolute Gasteiger partial charge is 0.231 e. The van der Waals surface area contributed by atoms with Gasteiger partial charge in [-0.2, -0.15) is 0 Å². The van der Waals surface area contributed by atoms with Crippen LogP contribution in [0.4, 0.5) is 5.69 Å². The zero-order chi connectivity index (χ0) is 15.5. The number of benzene rings is 1. The van der Waals surface area contributed by atoms with Gasteiger partial charge in [0, 0.05) is 19.2 Å². The number of carbonyl (C=O) groups excluding carboxylic acids is 1. The van der Waals surface area contributed by atoms with Crippen LogP contribution in [0.1, 0.15) is 20.3 Å². The molecule has 0 bridgehead atoms. The minimum atomic E-state index is -0.576. The normalized spacial score (nSPS) is 13.7. The average molecular weight is 287 g/mol. The summed E-state index contributed by atoms with van der Waals surface area (Å²) in [7, 11) is 1.87. The molecule has 1 amide bonds. The lowest BCUT2D eigenvalue weighted by Crippen LogP contribution is -2.39. The fourth-order valence-electron chi connectivity index (χ4n) is 1.98. The highest BCUT2D eigenvalue weighted by Crippen LogP contribution is 2.28. The maximum absolute atomic E-state index is 12.5. The summed E-state index contributed by atoms with van der Waals surface area (Å²) < 4.78 is 1.81. The number of aromatic nitrogens is 3. The number of hydrogen-bond acceptors (Lipinski definition) is 4. The number of hydrogen-bond donors (Lipinski definition) is 2. The lowest BCUT2D eigenvalue weighted by atomic mass is 9.86. The van der Waals surface area contributed by atoms with Gasteiger partial charge in [-0.3, -0.25) is 4.79 Å². The lowest BCUT2D eigenvalue weighted by Gasteiger charge is -2.25. The van der Waals surface area contributed by atoms with Crippen LogP contribution in [0, 0.1) is 5.41 Å². The molecule has 0 aliphatic heterocycles. The highest BCUT2D eigenvalue weighted by atomic mass is 16.2. The molecule has 0 aliphatic carbocycles. The number of amides is 1. The van der Waals surface area contributed by atoms with Gasteiger partial charge in [-0.05, 0) is 25.5 Å². The van der Waals surface area contributed by atoms with Gasteiger partial charge in [0.2, 0.25) is 5.91 Å². The van der Waals surface area contributed by atoms with Crippen molar-refractivity contribution < 1.29 is 4.79 Å². The first-order chi connectivity index (χ1) is 10.0. The van der Waals surface area contributed by atoms with Crippen molar-refractivity contribution in [3.63, 3.8) is 0 Å². The van der Waals surface area contributed by atoms with Gasteiger partial charge in [0.05, 0.1) is 11.1 Å². The molecule has 0 aliphatic rings. The summed E-state index contributed by atoms with van der Waals surface area (Å²) in [5.74, 6) is 0.624. The molecule has 3 N–H and O–H groups in total. The number of anilines is 1. The topological polar surface area (TPSA) is 85.8 Å². The Labute approximate surface area is 124 Å². The Morgan fingerprint density at radius 2 is 2.14 bits per heavy atom. The van der Waals surface area contributed by atoms with Crippen molar-refractivity contribution in [3.05, 3.63) is 30.6 Å². The van der Waals surface area contributed by atoms with Crippen molar-refractivity contribution in [1.82, 2.24) is 14.8 Å². The van der Waals surface area contributed by atoms with E-state index in [4.69, 9.17) is 5.73 Å². The molecular weight excluding hydrogens is 266 g/mol. The molecule has 1 aromatic heterocycles. The van der Waals surface area contributed by atoms with E-state index >= 15 is 0 Å². The highest BCUT2D eigenvalue weighted by molar-refractivity contribution is 5.98. The fraction of sp³-hybridized carbons (Fsp3) is 0.400.